The maximum absolute atomic E-state index is 4.38. The highest BCUT2D eigenvalue weighted by Crippen LogP contribution is 2.20. The van der Waals surface area contributed by atoms with E-state index in [9.17, 15) is 0 Å². The molecule has 3 aromatic rings. The molecule has 0 radical (unpaired) electrons. The standard InChI is InChI=1S/C14H15N7/c1-10-14(16-7-6-15-10)11(2)18-12-4-3-5-13(8-12)21-9-17-19-20-21/h3-9,11,18H,1-2H3. The lowest BCUT2D eigenvalue weighted by atomic mass is 10.1. The lowest BCUT2D eigenvalue weighted by molar-refractivity contribution is 0.786. The van der Waals surface area contributed by atoms with E-state index >= 15 is 0 Å². The molecule has 106 valence electrons. The zero-order valence-corrected chi connectivity index (χ0v) is 11.8. The highest BCUT2D eigenvalue weighted by Gasteiger charge is 2.10. The van der Waals surface area contributed by atoms with Gasteiger partial charge in [0.05, 0.1) is 23.1 Å². The number of aromatic nitrogens is 6. The fourth-order valence-corrected chi connectivity index (χ4v) is 2.18. The van der Waals surface area contributed by atoms with Crippen LogP contribution in [0.1, 0.15) is 24.4 Å². The summed E-state index contributed by atoms with van der Waals surface area (Å²) in [6.07, 6.45) is 4.97. The molecule has 0 spiro atoms. The van der Waals surface area contributed by atoms with Gasteiger partial charge >= 0.3 is 0 Å². The molecular formula is C14H15N7. The Balaban J connectivity index is 1.82. The first-order chi connectivity index (χ1) is 10.2. The molecule has 1 unspecified atom stereocenters. The first-order valence-corrected chi connectivity index (χ1v) is 6.61. The number of hydrogen-bond donors (Lipinski definition) is 1. The summed E-state index contributed by atoms with van der Waals surface area (Å²) in [7, 11) is 0. The summed E-state index contributed by atoms with van der Waals surface area (Å²) in [6.45, 7) is 4.01. The van der Waals surface area contributed by atoms with Crippen LogP contribution in [0.3, 0.4) is 0 Å². The smallest absolute Gasteiger partial charge is 0.143 e. The van der Waals surface area contributed by atoms with Crippen molar-refractivity contribution in [1.29, 1.82) is 0 Å². The Morgan fingerprint density at radius 2 is 2.05 bits per heavy atom. The van der Waals surface area contributed by atoms with Crippen molar-refractivity contribution in [2.45, 2.75) is 19.9 Å². The third-order valence-corrected chi connectivity index (χ3v) is 3.17. The summed E-state index contributed by atoms with van der Waals surface area (Å²) < 4.78 is 1.61. The number of hydrogen-bond acceptors (Lipinski definition) is 6. The van der Waals surface area contributed by atoms with Gasteiger partial charge in [-0.25, -0.2) is 4.68 Å². The fraction of sp³-hybridized carbons (Fsp3) is 0.214. The minimum atomic E-state index is 0.0582. The van der Waals surface area contributed by atoms with Crippen LogP contribution < -0.4 is 5.32 Å². The second-order valence-electron chi connectivity index (χ2n) is 4.70. The number of anilines is 1. The zero-order valence-electron chi connectivity index (χ0n) is 11.8. The Morgan fingerprint density at radius 1 is 1.19 bits per heavy atom. The molecule has 1 aromatic carbocycles. The van der Waals surface area contributed by atoms with Crippen LogP contribution in [0.25, 0.3) is 5.69 Å². The maximum Gasteiger partial charge on any atom is 0.143 e. The molecule has 0 aliphatic carbocycles. The van der Waals surface area contributed by atoms with E-state index in [0.717, 1.165) is 22.8 Å². The van der Waals surface area contributed by atoms with Crippen LogP contribution in [0.2, 0.25) is 0 Å². The molecule has 21 heavy (non-hydrogen) atoms. The van der Waals surface area contributed by atoms with E-state index in [1.807, 2.05) is 31.2 Å². The Morgan fingerprint density at radius 3 is 2.81 bits per heavy atom. The summed E-state index contributed by atoms with van der Waals surface area (Å²) in [5.74, 6) is 0. The molecule has 0 aliphatic heterocycles. The molecule has 2 aromatic heterocycles. The number of tetrazole rings is 1. The summed E-state index contributed by atoms with van der Waals surface area (Å²) in [5.41, 5.74) is 3.73. The predicted octanol–water partition coefficient (Wildman–Crippen LogP) is 1.93. The predicted molar refractivity (Wildman–Crippen MR) is 78.0 cm³/mol. The van der Waals surface area contributed by atoms with Crippen LogP contribution in [0.5, 0.6) is 0 Å². The summed E-state index contributed by atoms with van der Waals surface area (Å²) in [5, 5.41) is 14.6. The van der Waals surface area contributed by atoms with Crippen LogP contribution in [0, 0.1) is 6.92 Å². The molecule has 0 fully saturated rings. The molecule has 0 bridgehead atoms. The van der Waals surface area contributed by atoms with Gasteiger partial charge in [0.25, 0.3) is 0 Å². The van der Waals surface area contributed by atoms with Crippen molar-refractivity contribution in [3.05, 3.63) is 54.4 Å². The van der Waals surface area contributed by atoms with E-state index in [4.69, 9.17) is 0 Å². The molecule has 0 saturated heterocycles. The summed E-state index contributed by atoms with van der Waals surface area (Å²) in [6, 6.07) is 7.94. The Bertz CT molecular complexity index is 724. The van der Waals surface area contributed by atoms with Gasteiger partial charge in [-0.1, -0.05) is 6.07 Å². The average molecular weight is 281 g/mol. The third-order valence-electron chi connectivity index (χ3n) is 3.17. The molecule has 0 amide bonds. The highest BCUT2D eigenvalue weighted by molar-refractivity contribution is 5.51. The topological polar surface area (TPSA) is 81.4 Å². The highest BCUT2D eigenvalue weighted by atomic mass is 15.5. The van der Waals surface area contributed by atoms with Crippen molar-refractivity contribution in [2.24, 2.45) is 0 Å². The SMILES string of the molecule is Cc1nccnc1C(C)Nc1cccc(-n2cnnn2)c1. The minimum absolute atomic E-state index is 0.0582. The van der Waals surface area contributed by atoms with Crippen LogP contribution in [-0.4, -0.2) is 30.2 Å². The molecule has 3 rings (SSSR count). The van der Waals surface area contributed by atoms with Crippen molar-refractivity contribution in [2.75, 3.05) is 5.32 Å². The molecule has 1 N–H and O–H groups in total. The van der Waals surface area contributed by atoms with E-state index in [1.54, 1.807) is 23.4 Å². The molecule has 7 nitrogen and oxygen atoms in total. The van der Waals surface area contributed by atoms with Gasteiger partial charge in [-0.05, 0) is 42.5 Å². The monoisotopic (exact) mass is 281 g/mol. The fourth-order valence-electron chi connectivity index (χ4n) is 2.18. The molecule has 7 heteroatoms. The van der Waals surface area contributed by atoms with Gasteiger partial charge in [-0.2, -0.15) is 0 Å². The normalized spacial score (nSPS) is 12.1. The van der Waals surface area contributed by atoms with Gasteiger partial charge in [0.15, 0.2) is 0 Å². The molecule has 1 atom stereocenters. The Labute approximate surface area is 122 Å². The second kappa shape index (κ2) is 5.66. The first-order valence-electron chi connectivity index (χ1n) is 6.61. The van der Waals surface area contributed by atoms with Gasteiger partial charge in [-0.15, -0.1) is 5.10 Å². The van der Waals surface area contributed by atoms with Crippen LogP contribution in [0.4, 0.5) is 5.69 Å². The number of benzene rings is 1. The van der Waals surface area contributed by atoms with Crippen molar-refractivity contribution in [3.63, 3.8) is 0 Å². The minimum Gasteiger partial charge on any atom is -0.377 e. The van der Waals surface area contributed by atoms with E-state index in [-0.39, 0.29) is 6.04 Å². The largest absolute Gasteiger partial charge is 0.377 e. The first kappa shape index (κ1) is 13.2. The van der Waals surface area contributed by atoms with Gasteiger partial charge < -0.3 is 5.32 Å². The van der Waals surface area contributed by atoms with E-state index in [1.165, 1.54) is 0 Å². The molecular weight excluding hydrogens is 266 g/mol. The van der Waals surface area contributed by atoms with Gasteiger partial charge in [0.2, 0.25) is 0 Å². The van der Waals surface area contributed by atoms with Crippen molar-refractivity contribution >= 4 is 5.69 Å². The van der Waals surface area contributed by atoms with Gasteiger partial charge in [0.1, 0.15) is 6.33 Å². The number of rotatable bonds is 4. The number of nitrogens with one attached hydrogen (secondary N) is 1. The third kappa shape index (κ3) is 2.86. The van der Waals surface area contributed by atoms with E-state index in [0.29, 0.717) is 0 Å². The molecule has 0 saturated carbocycles. The second-order valence-corrected chi connectivity index (χ2v) is 4.70. The van der Waals surface area contributed by atoms with Crippen molar-refractivity contribution in [3.8, 4) is 5.69 Å². The van der Waals surface area contributed by atoms with Crippen LogP contribution in [0.15, 0.2) is 43.0 Å². The average Bonchev–Trinajstić information content (AvgIpc) is 3.02. The Hall–Kier alpha value is -2.83. The lowest BCUT2D eigenvalue weighted by Crippen LogP contribution is -2.11. The molecule has 0 aliphatic rings. The van der Waals surface area contributed by atoms with Gasteiger partial charge in [0, 0.05) is 18.1 Å². The zero-order chi connectivity index (χ0) is 14.7. The van der Waals surface area contributed by atoms with Crippen LogP contribution in [-0.2, 0) is 0 Å². The van der Waals surface area contributed by atoms with Crippen molar-refractivity contribution in [1.82, 2.24) is 30.2 Å². The quantitative estimate of drug-likeness (QED) is 0.787. The maximum atomic E-state index is 4.38. The van der Waals surface area contributed by atoms with Crippen molar-refractivity contribution < 1.29 is 0 Å². The Kier molecular flexibility index (Phi) is 3.55. The van der Waals surface area contributed by atoms with E-state index in [2.05, 4.69) is 37.7 Å². The lowest BCUT2D eigenvalue weighted by Gasteiger charge is -2.16. The summed E-state index contributed by atoms with van der Waals surface area (Å²) >= 11 is 0. The van der Waals surface area contributed by atoms with Gasteiger partial charge in [-0.3, -0.25) is 9.97 Å². The summed E-state index contributed by atoms with van der Waals surface area (Å²) in [4.78, 5) is 8.65. The van der Waals surface area contributed by atoms with E-state index < -0.39 is 0 Å². The van der Waals surface area contributed by atoms with Crippen LogP contribution >= 0.6 is 0 Å². The number of nitrogens with zero attached hydrogens (tertiary/aromatic N) is 6. The molecule has 2 heterocycles. The number of aryl methyl sites for hydroxylation is 1.